The molecule has 1 unspecified atom stereocenters. The van der Waals surface area contributed by atoms with Gasteiger partial charge in [0.05, 0.1) is 12.6 Å². The van der Waals surface area contributed by atoms with Crippen molar-refractivity contribution in [2.75, 3.05) is 17.2 Å². The maximum Gasteiger partial charge on any atom is 0.251 e. The second-order valence-electron chi connectivity index (χ2n) is 6.95. The van der Waals surface area contributed by atoms with Gasteiger partial charge in [0, 0.05) is 16.9 Å². The molecule has 0 heterocycles. The fraction of sp³-hybridized carbons (Fsp3) is 0.167. The van der Waals surface area contributed by atoms with E-state index in [2.05, 4.69) is 16.0 Å². The molecule has 5 nitrogen and oxygen atoms in total. The van der Waals surface area contributed by atoms with Crippen LogP contribution < -0.4 is 16.0 Å². The van der Waals surface area contributed by atoms with E-state index in [4.69, 9.17) is 0 Å². The molecular weight excluding hydrogens is 362 g/mol. The van der Waals surface area contributed by atoms with Crippen LogP contribution in [0.25, 0.3) is 0 Å². The highest BCUT2D eigenvalue weighted by molar-refractivity contribution is 5.96. The van der Waals surface area contributed by atoms with Crippen molar-refractivity contribution in [3.8, 4) is 0 Å². The van der Waals surface area contributed by atoms with Crippen molar-refractivity contribution in [1.29, 1.82) is 0 Å². The smallest absolute Gasteiger partial charge is 0.251 e. The third-order valence-corrected chi connectivity index (χ3v) is 4.55. The van der Waals surface area contributed by atoms with E-state index < -0.39 is 0 Å². The first kappa shape index (κ1) is 20.1. The highest BCUT2D eigenvalue weighted by Crippen LogP contribution is 2.14. The highest BCUT2D eigenvalue weighted by atomic mass is 16.2. The predicted molar refractivity (Wildman–Crippen MR) is 117 cm³/mol. The first-order chi connectivity index (χ1) is 14.0. The minimum Gasteiger partial charge on any atom is -0.376 e. The molecule has 3 aromatic rings. The SMILES string of the molecule is Cc1cccc(NCC(=O)Nc2ccc(C(=O)NC(C)c3ccccc3)cc2)c1. The molecule has 3 rings (SSSR count). The lowest BCUT2D eigenvalue weighted by Gasteiger charge is -2.14. The zero-order valence-corrected chi connectivity index (χ0v) is 16.6. The lowest BCUT2D eigenvalue weighted by atomic mass is 10.1. The van der Waals surface area contributed by atoms with Gasteiger partial charge >= 0.3 is 0 Å². The number of benzene rings is 3. The van der Waals surface area contributed by atoms with E-state index in [-0.39, 0.29) is 24.4 Å². The summed E-state index contributed by atoms with van der Waals surface area (Å²) in [6.07, 6.45) is 0. The number of aryl methyl sites for hydroxylation is 1. The minimum atomic E-state index is -0.152. The monoisotopic (exact) mass is 387 g/mol. The molecule has 0 fully saturated rings. The van der Waals surface area contributed by atoms with Crippen molar-refractivity contribution in [2.24, 2.45) is 0 Å². The Labute approximate surface area is 171 Å². The Morgan fingerprint density at radius 3 is 2.28 bits per heavy atom. The molecule has 3 N–H and O–H groups in total. The van der Waals surface area contributed by atoms with E-state index >= 15 is 0 Å². The molecule has 1 atom stereocenters. The highest BCUT2D eigenvalue weighted by Gasteiger charge is 2.11. The molecule has 0 bridgehead atoms. The van der Waals surface area contributed by atoms with Crippen molar-refractivity contribution < 1.29 is 9.59 Å². The van der Waals surface area contributed by atoms with Crippen LogP contribution >= 0.6 is 0 Å². The Hall–Kier alpha value is -3.60. The average molecular weight is 387 g/mol. The zero-order chi connectivity index (χ0) is 20.6. The normalized spacial score (nSPS) is 11.4. The summed E-state index contributed by atoms with van der Waals surface area (Å²) >= 11 is 0. The van der Waals surface area contributed by atoms with Crippen molar-refractivity contribution in [2.45, 2.75) is 19.9 Å². The van der Waals surface area contributed by atoms with Crippen LogP contribution in [-0.4, -0.2) is 18.4 Å². The van der Waals surface area contributed by atoms with Crippen LogP contribution in [0, 0.1) is 6.92 Å². The number of rotatable bonds is 7. The Kier molecular flexibility index (Phi) is 6.63. The first-order valence-corrected chi connectivity index (χ1v) is 9.57. The maximum atomic E-state index is 12.4. The van der Waals surface area contributed by atoms with Crippen molar-refractivity contribution in [3.63, 3.8) is 0 Å². The second kappa shape index (κ2) is 9.55. The standard InChI is InChI=1S/C24H25N3O2/c1-17-7-6-10-22(15-17)25-16-23(28)27-21-13-11-20(12-14-21)24(29)26-18(2)19-8-4-3-5-9-19/h3-15,18,25H,16H2,1-2H3,(H,26,29)(H,27,28). The van der Waals surface area contributed by atoms with E-state index in [0.29, 0.717) is 11.3 Å². The van der Waals surface area contributed by atoms with E-state index in [0.717, 1.165) is 16.8 Å². The van der Waals surface area contributed by atoms with E-state index in [1.54, 1.807) is 24.3 Å². The summed E-state index contributed by atoms with van der Waals surface area (Å²) in [5.74, 6) is -0.304. The molecular formula is C24H25N3O2. The van der Waals surface area contributed by atoms with Gasteiger partial charge in [-0.3, -0.25) is 9.59 Å². The van der Waals surface area contributed by atoms with E-state index in [1.165, 1.54) is 0 Å². The lowest BCUT2D eigenvalue weighted by molar-refractivity contribution is -0.114. The van der Waals surface area contributed by atoms with Gasteiger partial charge in [0.25, 0.3) is 5.91 Å². The third kappa shape index (κ3) is 5.94. The van der Waals surface area contributed by atoms with Crippen LogP contribution in [0.1, 0.15) is 34.5 Å². The molecule has 0 aliphatic rings. The zero-order valence-electron chi connectivity index (χ0n) is 16.6. The van der Waals surface area contributed by atoms with Gasteiger partial charge < -0.3 is 16.0 Å². The summed E-state index contributed by atoms with van der Waals surface area (Å²) in [6, 6.07) is 24.4. The largest absolute Gasteiger partial charge is 0.376 e. The number of amides is 2. The van der Waals surface area contributed by atoms with Crippen molar-refractivity contribution in [3.05, 3.63) is 95.6 Å². The van der Waals surface area contributed by atoms with E-state index in [1.807, 2.05) is 68.4 Å². The molecule has 148 valence electrons. The molecule has 2 amide bonds. The molecule has 0 aromatic heterocycles. The molecule has 3 aromatic carbocycles. The Balaban J connectivity index is 1.51. The van der Waals surface area contributed by atoms with Crippen LogP contribution in [-0.2, 0) is 4.79 Å². The Morgan fingerprint density at radius 2 is 1.59 bits per heavy atom. The summed E-state index contributed by atoms with van der Waals surface area (Å²) in [6.45, 7) is 4.12. The van der Waals surface area contributed by atoms with Crippen molar-refractivity contribution >= 4 is 23.2 Å². The van der Waals surface area contributed by atoms with Crippen LogP contribution in [0.5, 0.6) is 0 Å². The van der Waals surface area contributed by atoms with Crippen molar-refractivity contribution in [1.82, 2.24) is 5.32 Å². The van der Waals surface area contributed by atoms with Crippen LogP contribution in [0.2, 0.25) is 0 Å². The fourth-order valence-electron chi connectivity index (χ4n) is 2.95. The molecule has 0 saturated heterocycles. The van der Waals surface area contributed by atoms with Gasteiger partial charge in [-0.1, -0.05) is 42.5 Å². The number of anilines is 2. The molecule has 0 aliphatic heterocycles. The molecule has 29 heavy (non-hydrogen) atoms. The molecule has 0 radical (unpaired) electrons. The van der Waals surface area contributed by atoms with Gasteiger partial charge in [-0.15, -0.1) is 0 Å². The Morgan fingerprint density at radius 1 is 0.862 bits per heavy atom. The fourth-order valence-corrected chi connectivity index (χ4v) is 2.95. The molecule has 5 heteroatoms. The molecule has 0 spiro atoms. The summed E-state index contributed by atoms with van der Waals surface area (Å²) in [5.41, 5.74) is 4.27. The van der Waals surface area contributed by atoms with Gasteiger partial charge in [0.2, 0.25) is 5.91 Å². The average Bonchev–Trinajstić information content (AvgIpc) is 2.73. The molecule has 0 aliphatic carbocycles. The van der Waals surface area contributed by atoms with Crippen LogP contribution in [0.4, 0.5) is 11.4 Å². The van der Waals surface area contributed by atoms with Gasteiger partial charge in [-0.05, 0) is 61.4 Å². The quantitative estimate of drug-likeness (QED) is 0.558. The van der Waals surface area contributed by atoms with Gasteiger partial charge in [0.1, 0.15) is 0 Å². The Bertz CT molecular complexity index is 969. The summed E-state index contributed by atoms with van der Waals surface area (Å²) in [7, 11) is 0. The van der Waals surface area contributed by atoms with Gasteiger partial charge in [-0.2, -0.15) is 0 Å². The topological polar surface area (TPSA) is 70.2 Å². The van der Waals surface area contributed by atoms with Crippen LogP contribution in [0.3, 0.4) is 0 Å². The van der Waals surface area contributed by atoms with Gasteiger partial charge in [0.15, 0.2) is 0 Å². The van der Waals surface area contributed by atoms with Gasteiger partial charge in [-0.25, -0.2) is 0 Å². The third-order valence-electron chi connectivity index (χ3n) is 4.55. The summed E-state index contributed by atoms with van der Waals surface area (Å²) < 4.78 is 0. The molecule has 0 saturated carbocycles. The number of hydrogen-bond donors (Lipinski definition) is 3. The summed E-state index contributed by atoms with van der Waals surface area (Å²) in [4.78, 5) is 24.6. The number of carbonyl (C=O) groups excluding carboxylic acids is 2. The van der Waals surface area contributed by atoms with Crippen LogP contribution in [0.15, 0.2) is 78.9 Å². The lowest BCUT2D eigenvalue weighted by Crippen LogP contribution is -2.26. The minimum absolute atomic E-state index is 0.0872. The first-order valence-electron chi connectivity index (χ1n) is 9.57. The number of nitrogens with one attached hydrogen (secondary N) is 3. The van der Waals surface area contributed by atoms with E-state index in [9.17, 15) is 9.59 Å². The number of hydrogen-bond acceptors (Lipinski definition) is 3. The second-order valence-corrected chi connectivity index (χ2v) is 6.95. The summed E-state index contributed by atoms with van der Waals surface area (Å²) in [5, 5.41) is 8.90. The maximum absolute atomic E-state index is 12.4. The number of carbonyl (C=O) groups is 2. The predicted octanol–water partition coefficient (Wildman–Crippen LogP) is 4.54.